The third-order valence-electron chi connectivity index (χ3n) is 6.38. The standard InChI is InChI=1S/C27H25F2N3O3S/c1-3-35-27(34)25-24(20-9-4-17(28)16-22(20)29)21-10-11-23(33)32(26(21)36-25)19-7-5-18(6-8-19)31-14-12-30(2)13-15-31/h4-11,16H,3,12-15H2,1-2H3. The van der Waals surface area contributed by atoms with E-state index in [0.717, 1.165) is 55.3 Å². The molecule has 1 aliphatic heterocycles. The van der Waals surface area contributed by atoms with Crippen molar-refractivity contribution in [1.82, 2.24) is 9.47 Å². The molecule has 0 amide bonds. The van der Waals surface area contributed by atoms with Crippen molar-refractivity contribution >= 4 is 33.2 Å². The smallest absolute Gasteiger partial charge is 0.349 e. The molecule has 4 aromatic rings. The second-order valence-electron chi connectivity index (χ2n) is 8.68. The van der Waals surface area contributed by atoms with Gasteiger partial charge in [0.1, 0.15) is 21.3 Å². The lowest BCUT2D eigenvalue weighted by Gasteiger charge is -2.34. The number of likely N-dealkylation sites (N-methyl/N-ethyl adjacent to an activating group) is 1. The zero-order chi connectivity index (χ0) is 25.4. The Balaban J connectivity index is 1.66. The topological polar surface area (TPSA) is 54.8 Å². The van der Waals surface area contributed by atoms with Gasteiger partial charge in [-0.3, -0.25) is 9.36 Å². The van der Waals surface area contributed by atoms with E-state index in [1.165, 1.54) is 16.7 Å². The van der Waals surface area contributed by atoms with E-state index in [4.69, 9.17) is 4.74 Å². The van der Waals surface area contributed by atoms with Gasteiger partial charge >= 0.3 is 5.97 Å². The summed E-state index contributed by atoms with van der Waals surface area (Å²) in [6, 6.07) is 13.9. The van der Waals surface area contributed by atoms with Crippen LogP contribution in [0.4, 0.5) is 14.5 Å². The zero-order valence-electron chi connectivity index (χ0n) is 20.0. The number of esters is 1. The van der Waals surface area contributed by atoms with Gasteiger partial charge in [0.15, 0.2) is 0 Å². The fourth-order valence-electron chi connectivity index (χ4n) is 4.50. The van der Waals surface area contributed by atoms with Crippen LogP contribution in [-0.4, -0.2) is 55.3 Å². The number of halogens is 2. The summed E-state index contributed by atoms with van der Waals surface area (Å²) in [6.45, 7) is 5.63. The number of rotatable bonds is 5. The highest BCUT2D eigenvalue weighted by molar-refractivity contribution is 7.21. The van der Waals surface area contributed by atoms with E-state index in [1.807, 2.05) is 24.3 Å². The van der Waals surface area contributed by atoms with Crippen LogP contribution < -0.4 is 10.5 Å². The normalized spacial score (nSPS) is 14.4. The molecule has 2 aromatic carbocycles. The van der Waals surface area contributed by atoms with E-state index < -0.39 is 17.6 Å². The Kier molecular flexibility index (Phi) is 6.59. The fraction of sp³-hybridized carbons (Fsp3) is 0.259. The number of thiophene rings is 1. The van der Waals surface area contributed by atoms with Crippen LogP contribution in [0.5, 0.6) is 0 Å². The van der Waals surface area contributed by atoms with E-state index in [-0.39, 0.29) is 28.2 Å². The number of aromatic nitrogens is 1. The van der Waals surface area contributed by atoms with Crippen LogP contribution in [0.15, 0.2) is 59.4 Å². The zero-order valence-corrected chi connectivity index (χ0v) is 20.8. The third-order valence-corrected chi connectivity index (χ3v) is 7.55. The molecule has 186 valence electrons. The molecule has 3 heterocycles. The van der Waals surface area contributed by atoms with Gasteiger partial charge in [-0.2, -0.15) is 0 Å². The van der Waals surface area contributed by atoms with E-state index >= 15 is 0 Å². The molecule has 0 bridgehead atoms. The number of carbonyl (C=O) groups excluding carboxylic acids is 1. The third kappa shape index (κ3) is 4.40. The molecule has 1 saturated heterocycles. The molecule has 1 aliphatic rings. The van der Waals surface area contributed by atoms with Crippen molar-refractivity contribution in [3.63, 3.8) is 0 Å². The number of benzene rings is 2. The summed E-state index contributed by atoms with van der Waals surface area (Å²) in [7, 11) is 2.10. The highest BCUT2D eigenvalue weighted by atomic mass is 32.1. The highest BCUT2D eigenvalue weighted by Crippen LogP contribution is 2.40. The summed E-state index contributed by atoms with van der Waals surface area (Å²) < 4.78 is 35.2. The van der Waals surface area contributed by atoms with Crippen molar-refractivity contribution in [3.05, 3.63) is 81.5 Å². The second kappa shape index (κ2) is 9.83. The molecule has 2 aromatic heterocycles. The van der Waals surface area contributed by atoms with Crippen LogP contribution >= 0.6 is 11.3 Å². The molecular weight excluding hydrogens is 484 g/mol. The maximum Gasteiger partial charge on any atom is 0.349 e. The summed E-state index contributed by atoms with van der Waals surface area (Å²) in [6.07, 6.45) is 0. The minimum absolute atomic E-state index is 0.0707. The Morgan fingerprint density at radius 2 is 1.67 bits per heavy atom. The molecule has 0 radical (unpaired) electrons. The van der Waals surface area contributed by atoms with Crippen molar-refractivity contribution in [3.8, 4) is 16.8 Å². The minimum Gasteiger partial charge on any atom is -0.462 e. The number of carbonyl (C=O) groups is 1. The SMILES string of the molecule is CCOC(=O)c1sc2c(ccc(=O)n2-c2ccc(N3CCN(C)CC3)cc2)c1-c1ccc(F)cc1F. The van der Waals surface area contributed by atoms with Gasteiger partial charge in [-0.05, 0) is 56.4 Å². The number of hydrogen-bond donors (Lipinski definition) is 0. The predicted octanol–water partition coefficient (Wildman–Crippen LogP) is 4.93. The lowest BCUT2D eigenvalue weighted by atomic mass is 10.0. The molecule has 0 N–H and O–H groups in total. The molecule has 0 spiro atoms. The van der Waals surface area contributed by atoms with Crippen molar-refractivity contribution in [2.24, 2.45) is 0 Å². The summed E-state index contributed by atoms with van der Waals surface area (Å²) >= 11 is 1.06. The van der Waals surface area contributed by atoms with Gasteiger partial charge < -0.3 is 14.5 Å². The van der Waals surface area contributed by atoms with Gasteiger partial charge in [0.05, 0.1) is 12.3 Å². The lowest BCUT2D eigenvalue weighted by Crippen LogP contribution is -2.44. The number of fused-ring (bicyclic) bond motifs is 1. The van der Waals surface area contributed by atoms with Crippen molar-refractivity contribution in [2.75, 3.05) is 44.7 Å². The van der Waals surface area contributed by atoms with Crippen LogP contribution in [0.25, 0.3) is 27.0 Å². The average Bonchev–Trinajstić information content (AvgIpc) is 3.24. The number of anilines is 1. The first-order chi connectivity index (χ1) is 17.4. The largest absolute Gasteiger partial charge is 0.462 e. The van der Waals surface area contributed by atoms with E-state index in [1.54, 1.807) is 13.0 Å². The van der Waals surface area contributed by atoms with Gasteiger partial charge in [0.25, 0.3) is 5.56 Å². The molecule has 9 heteroatoms. The molecule has 0 saturated carbocycles. The van der Waals surface area contributed by atoms with Crippen molar-refractivity contribution in [1.29, 1.82) is 0 Å². The summed E-state index contributed by atoms with van der Waals surface area (Å²) in [5, 5.41) is 0.510. The summed E-state index contributed by atoms with van der Waals surface area (Å²) in [4.78, 5) is 31.1. The molecule has 1 fully saturated rings. The van der Waals surface area contributed by atoms with Crippen LogP contribution in [0.3, 0.4) is 0 Å². The Morgan fingerprint density at radius 1 is 0.972 bits per heavy atom. The molecular formula is C27H25F2N3O3S. The Hall–Kier alpha value is -3.56. The van der Waals surface area contributed by atoms with Crippen LogP contribution in [0, 0.1) is 11.6 Å². The minimum atomic E-state index is -0.797. The van der Waals surface area contributed by atoms with Gasteiger partial charge in [-0.1, -0.05) is 0 Å². The first-order valence-electron chi connectivity index (χ1n) is 11.7. The highest BCUT2D eigenvalue weighted by Gasteiger charge is 2.25. The molecule has 6 nitrogen and oxygen atoms in total. The number of nitrogens with zero attached hydrogens (tertiary/aromatic N) is 3. The number of pyridine rings is 1. The van der Waals surface area contributed by atoms with Gasteiger partial charge in [0.2, 0.25) is 0 Å². The van der Waals surface area contributed by atoms with Crippen LogP contribution in [0.1, 0.15) is 16.6 Å². The van der Waals surface area contributed by atoms with Gasteiger partial charge in [-0.15, -0.1) is 11.3 Å². The molecule has 0 atom stereocenters. The Bertz CT molecular complexity index is 1490. The Labute approximate surface area is 210 Å². The second-order valence-corrected chi connectivity index (χ2v) is 9.68. The number of piperazine rings is 1. The van der Waals surface area contributed by atoms with Crippen molar-refractivity contribution in [2.45, 2.75) is 6.92 Å². The van der Waals surface area contributed by atoms with E-state index in [9.17, 15) is 18.4 Å². The summed E-state index contributed by atoms with van der Waals surface area (Å²) in [5.41, 5.74) is 1.78. The first kappa shape index (κ1) is 24.1. The quantitative estimate of drug-likeness (QED) is 0.357. The molecule has 0 aliphatic carbocycles. The predicted molar refractivity (Wildman–Crippen MR) is 138 cm³/mol. The molecule has 5 rings (SSSR count). The van der Waals surface area contributed by atoms with Crippen LogP contribution in [0.2, 0.25) is 0 Å². The maximum atomic E-state index is 14.9. The van der Waals surface area contributed by atoms with E-state index in [0.29, 0.717) is 15.9 Å². The summed E-state index contributed by atoms with van der Waals surface area (Å²) in [5.74, 6) is -2.14. The first-order valence-corrected chi connectivity index (χ1v) is 12.5. The Morgan fingerprint density at radius 3 is 2.33 bits per heavy atom. The molecule has 36 heavy (non-hydrogen) atoms. The number of ether oxygens (including phenoxy) is 1. The lowest BCUT2D eigenvalue weighted by molar-refractivity contribution is 0.0533. The number of hydrogen-bond acceptors (Lipinski definition) is 6. The van der Waals surface area contributed by atoms with Gasteiger partial charge in [-0.25, -0.2) is 13.6 Å². The van der Waals surface area contributed by atoms with Crippen molar-refractivity contribution < 1.29 is 18.3 Å². The van der Waals surface area contributed by atoms with Gasteiger partial charge in [0, 0.05) is 60.5 Å². The average molecular weight is 510 g/mol. The fourth-order valence-corrected chi connectivity index (χ4v) is 5.73. The molecule has 0 unspecified atom stereocenters. The monoisotopic (exact) mass is 509 g/mol. The van der Waals surface area contributed by atoms with Crippen LogP contribution in [-0.2, 0) is 4.74 Å². The maximum absolute atomic E-state index is 14.9. The van der Waals surface area contributed by atoms with E-state index in [2.05, 4.69) is 16.8 Å².